The van der Waals surface area contributed by atoms with Gasteiger partial charge in [-0.3, -0.25) is 9.59 Å². The lowest BCUT2D eigenvalue weighted by atomic mass is 9.79. The Morgan fingerprint density at radius 2 is 1.65 bits per heavy atom. The molecule has 1 amide bonds. The van der Waals surface area contributed by atoms with Crippen molar-refractivity contribution in [3.05, 3.63) is 71.3 Å². The topological polar surface area (TPSA) is 57.6 Å². The molecule has 1 fully saturated rings. The first-order valence-electron chi connectivity index (χ1n) is 7.88. The van der Waals surface area contributed by atoms with Gasteiger partial charge in [0, 0.05) is 11.6 Å². The summed E-state index contributed by atoms with van der Waals surface area (Å²) in [5.74, 6) is -1.66. The van der Waals surface area contributed by atoms with Crippen molar-refractivity contribution in [2.45, 2.75) is 30.8 Å². The number of amides is 1. The highest BCUT2D eigenvalue weighted by atomic mass is 16.4. The number of benzene rings is 2. The molecule has 0 bridgehead atoms. The van der Waals surface area contributed by atoms with Gasteiger partial charge >= 0.3 is 5.97 Å². The van der Waals surface area contributed by atoms with Crippen LogP contribution in [0.25, 0.3) is 0 Å². The van der Waals surface area contributed by atoms with Crippen molar-refractivity contribution in [2.24, 2.45) is 0 Å². The fourth-order valence-electron chi connectivity index (χ4n) is 3.58. The van der Waals surface area contributed by atoms with E-state index < -0.39 is 17.9 Å². The summed E-state index contributed by atoms with van der Waals surface area (Å²) < 4.78 is 0. The molecular weight excluding hydrogens is 290 g/mol. The van der Waals surface area contributed by atoms with Crippen LogP contribution in [0.3, 0.4) is 0 Å². The van der Waals surface area contributed by atoms with Gasteiger partial charge in [0.05, 0.1) is 6.04 Å². The average molecular weight is 307 g/mol. The molecule has 2 aliphatic rings. The SMILES string of the molecule is O=C(O)[C@H]1c2ccccc2C(=O)N(C2CC2)[C@H]1c1ccccc1. The quantitative estimate of drug-likeness (QED) is 0.947. The molecule has 0 unspecified atom stereocenters. The van der Waals surface area contributed by atoms with Gasteiger partial charge in [0.2, 0.25) is 0 Å². The van der Waals surface area contributed by atoms with Crippen LogP contribution in [0.4, 0.5) is 0 Å². The van der Waals surface area contributed by atoms with E-state index in [0.717, 1.165) is 18.4 Å². The summed E-state index contributed by atoms with van der Waals surface area (Å²) in [6.45, 7) is 0. The minimum atomic E-state index is -0.885. The van der Waals surface area contributed by atoms with Crippen molar-refractivity contribution in [3.8, 4) is 0 Å². The number of carboxylic acids is 1. The highest BCUT2D eigenvalue weighted by Gasteiger charge is 2.49. The maximum atomic E-state index is 13.0. The summed E-state index contributed by atoms with van der Waals surface area (Å²) in [6, 6.07) is 16.3. The standard InChI is InChI=1S/C19H17NO3/c21-18-15-9-5-4-8-14(15)16(19(22)23)17(20(18)13-10-11-13)12-6-2-1-3-7-12/h1-9,13,16-17H,10-11H2,(H,22,23)/t16-,17-/m0/s1. The van der Waals surface area contributed by atoms with Crippen LogP contribution in [0, 0.1) is 0 Å². The van der Waals surface area contributed by atoms with Crippen molar-refractivity contribution >= 4 is 11.9 Å². The van der Waals surface area contributed by atoms with Gasteiger partial charge in [0.15, 0.2) is 0 Å². The maximum Gasteiger partial charge on any atom is 0.313 e. The third kappa shape index (κ3) is 2.22. The number of aliphatic carboxylic acids is 1. The minimum absolute atomic E-state index is 0.0468. The first kappa shape index (κ1) is 14.0. The molecule has 1 N–H and O–H groups in total. The highest BCUT2D eigenvalue weighted by molar-refractivity contribution is 6.00. The van der Waals surface area contributed by atoms with Gasteiger partial charge in [0.1, 0.15) is 5.92 Å². The van der Waals surface area contributed by atoms with E-state index in [4.69, 9.17) is 0 Å². The summed E-state index contributed by atoms with van der Waals surface area (Å²) in [5, 5.41) is 9.89. The van der Waals surface area contributed by atoms with Gasteiger partial charge in [-0.2, -0.15) is 0 Å². The zero-order chi connectivity index (χ0) is 16.0. The van der Waals surface area contributed by atoms with Crippen LogP contribution < -0.4 is 0 Å². The largest absolute Gasteiger partial charge is 0.481 e. The van der Waals surface area contributed by atoms with Crippen LogP contribution >= 0.6 is 0 Å². The van der Waals surface area contributed by atoms with Gasteiger partial charge in [-0.1, -0.05) is 48.5 Å². The molecule has 1 heterocycles. The molecule has 2 aromatic rings. The number of carboxylic acid groups (broad SMARTS) is 1. The van der Waals surface area contributed by atoms with E-state index in [1.165, 1.54) is 0 Å². The molecule has 4 rings (SSSR count). The Labute approximate surface area is 134 Å². The summed E-state index contributed by atoms with van der Waals surface area (Å²) >= 11 is 0. The second-order valence-corrected chi connectivity index (χ2v) is 6.20. The van der Waals surface area contributed by atoms with E-state index in [9.17, 15) is 14.7 Å². The van der Waals surface area contributed by atoms with Crippen LogP contribution in [0.5, 0.6) is 0 Å². The lowest BCUT2D eigenvalue weighted by Gasteiger charge is -2.41. The molecule has 4 nitrogen and oxygen atoms in total. The molecule has 1 saturated carbocycles. The summed E-state index contributed by atoms with van der Waals surface area (Å²) in [4.78, 5) is 26.8. The number of carbonyl (C=O) groups is 2. The van der Waals surface area contributed by atoms with Crippen LogP contribution in [0.2, 0.25) is 0 Å². The lowest BCUT2D eigenvalue weighted by Crippen LogP contribution is -2.46. The Bertz CT molecular complexity index is 767. The Morgan fingerprint density at radius 1 is 1.00 bits per heavy atom. The van der Waals surface area contributed by atoms with Crippen molar-refractivity contribution in [1.29, 1.82) is 0 Å². The Morgan fingerprint density at radius 3 is 2.30 bits per heavy atom. The van der Waals surface area contributed by atoms with Crippen molar-refractivity contribution in [3.63, 3.8) is 0 Å². The van der Waals surface area contributed by atoms with E-state index in [2.05, 4.69) is 0 Å². The fraction of sp³-hybridized carbons (Fsp3) is 0.263. The van der Waals surface area contributed by atoms with E-state index in [0.29, 0.717) is 11.1 Å². The second-order valence-electron chi connectivity index (χ2n) is 6.20. The van der Waals surface area contributed by atoms with Crippen LogP contribution in [-0.2, 0) is 4.79 Å². The fourth-order valence-corrected chi connectivity index (χ4v) is 3.58. The first-order valence-corrected chi connectivity index (χ1v) is 7.88. The minimum Gasteiger partial charge on any atom is -0.481 e. The molecule has 1 aliphatic carbocycles. The Kier molecular flexibility index (Phi) is 3.18. The van der Waals surface area contributed by atoms with Gasteiger partial charge in [-0.05, 0) is 30.0 Å². The Hall–Kier alpha value is -2.62. The number of hydrogen-bond acceptors (Lipinski definition) is 2. The maximum absolute atomic E-state index is 13.0. The molecular formula is C19H17NO3. The summed E-state index contributed by atoms with van der Waals surface area (Å²) in [5.41, 5.74) is 2.03. The number of fused-ring (bicyclic) bond motifs is 1. The first-order chi connectivity index (χ1) is 11.2. The molecule has 2 atom stereocenters. The predicted molar refractivity (Wildman–Crippen MR) is 85.2 cm³/mol. The zero-order valence-electron chi connectivity index (χ0n) is 12.6. The van der Waals surface area contributed by atoms with E-state index >= 15 is 0 Å². The third-order valence-electron chi connectivity index (χ3n) is 4.72. The van der Waals surface area contributed by atoms with Crippen molar-refractivity contribution in [2.75, 3.05) is 0 Å². The van der Waals surface area contributed by atoms with Gasteiger partial charge in [-0.25, -0.2) is 0 Å². The van der Waals surface area contributed by atoms with Crippen LogP contribution in [0.1, 0.15) is 46.3 Å². The van der Waals surface area contributed by atoms with Crippen LogP contribution in [-0.4, -0.2) is 27.9 Å². The third-order valence-corrected chi connectivity index (χ3v) is 4.72. The normalized spacial score (nSPS) is 23.5. The predicted octanol–water partition coefficient (Wildman–Crippen LogP) is 3.21. The average Bonchev–Trinajstić information content (AvgIpc) is 3.40. The van der Waals surface area contributed by atoms with Gasteiger partial charge in [0.25, 0.3) is 5.91 Å². The number of rotatable bonds is 3. The molecule has 0 spiro atoms. The number of hydrogen-bond donors (Lipinski definition) is 1. The van der Waals surface area contributed by atoms with E-state index in [1.54, 1.807) is 29.2 Å². The lowest BCUT2D eigenvalue weighted by molar-refractivity contribution is -0.140. The molecule has 0 aromatic heterocycles. The smallest absolute Gasteiger partial charge is 0.313 e. The molecule has 116 valence electrons. The summed E-state index contributed by atoms with van der Waals surface area (Å²) in [7, 11) is 0. The Balaban J connectivity index is 1.93. The van der Waals surface area contributed by atoms with E-state index in [-0.39, 0.29) is 11.9 Å². The number of carbonyl (C=O) groups excluding carboxylic acids is 1. The zero-order valence-corrected chi connectivity index (χ0v) is 12.6. The van der Waals surface area contributed by atoms with Crippen LogP contribution in [0.15, 0.2) is 54.6 Å². The number of nitrogens with zero attached hydrogens (tertiary/aromatic N) is 1. The monoisotopic (exact) mass is 307 g/mol. The van der Waals surface area contributed by atoms with E-state index in [1.807, 2.05) is 30.3 Å². The van der Waals surface area contributed by atoms with Gasteiger partial charge in [-0.15, -0.1) is 0 Å². The molecule has 23 heavy (non-hydrogen) atoms. The van der Waals surface area contributed by atoms with Crippen molar-refractivity contribution in [1.82, 2.24) is 4.90 Å². The molecule has 4 heteroatoms. The molecule has 1 aliphatic heterocycles. The second kappa shape index (κ2) is 5.23. The molecule has 2 aromatic carbocycles. The van der Waals surface area contributed by atoms with Crippen molar-refractivity contribution < 1.29 is 14.7 Å². The molecule has 0 saturated heterocycles. The van der Waals surface area contributed by atoms with Gasteiger partial charge < -0.3 is 10.0 Å². The molecule has 0 radical (unpaired) electrons. The highest BCUT2D eigenvalue weighted by Crippen LogP contribution is 2.47. The summed E-state index contributed by atoms with van der Waals surface area (Å²) in [6.07, 6.45) is 1.90.